The lowest BCUT2D eigenvalue weighted by atomic mass is 10.1. The zero-order valence-electron chi connectivity index (χ0n) is 15.8. The van der Waals surface area contributed by atoms with Gasteiger partial charge in [-0.25, -0.2) is 13.2 Å². The summed E-state index contributed by atoms with van der Waals surface area (Å²) >= 11 is 0. The first-order valence-electron chi connectivity index (χ1n) is 8.81. The van der Waals surface area contributed by atoms with Crippen LogP contribution in [-0.4, -0.2) is 36.7 Å². The van der Waals surface area contributed by atoms with E-state index in [1.54, 1.807) is 12.3 Å². The Morgan fingerprint density at radius 2 is 2.10 bits per heavy atom. The monoisotopic (exact) mass is 412 g/mol. The first kappa shape index (κ1) is 22.4. The number of rotatable bonds is 10. The number of benzene rings is 1. The quantitative estimate of drug-likeness (QED) is 0.226. The maximum atomic E-state index is 13.2. The van der Waals surface area contributed by atoms with Crippen molar-refractivity contribution in [2.75, 3.05) is 13.2 Å². The van der Waals surface area contributed by atoms with Crippen LogP contribution in [0, 0.1) is 5.82 Å². The molecule has 0 amide bonds. The van der Waals surface area contributed by atoms with Gasteiger partial charge < -0.3 is 9.72 Å². The summed E-state index contributed by atoms with van der Waals surface area (Å²) in [6.07, 6.45) is 4.27. The van der Waals surface area contributed by atoms with Crippen molar-refractivity contribution in [3.05, 3.63) is 71.9 Å². The van der Waals surface area contributed by atoms with Crippen LogP contribution in [0.15, 0.2) is 65.5 Å². The van der Waals surface area contributed by atoms with Crippen molar-refractivity contribution >= 4 is 17.1 Å². The van der Waals surface area contributed by atoms with Crippen molar-refractivity contribution in [1.29, 1.82) is 0 Å². The van der Waals surface area contributed by atoms with Crippen molar-refractivity contribution in [2.24, 2.45) is 4.99 Å². The third-order valence-corrected chi connectivity index (χ3v) is 4.06. The van der Waals surface area contributed by atoms with Gasteiger partial charge in [0.1, 0.15) is 11.6 Å². The Hall–Kier alpha value is -2.90. The molecule has 0 aliphatic carbocycles. The molecule has 0 aliphatic heterocycles. The van der Waals surface area contributed by atoms with Gasteiger partial charge in [-0.1, -0.05) is 12.7 Å². The number of aliphatic imine (C=N–C) groups is 1. The summed E-state index contributed by atoms with van der Waals surface area (Å²) in [4.78, 5) is 7.26. The summed E-state index contributed by atoms with van der Waals surface area (Å²) in [5.74, 6) is -4.55. The molecule has 8 heteroatoms. The number of hydrogen-bond donors (Lipinski definition) is 1. The van der Waals surface area contributed by atoms with E-state index in [4.69, 9.17) is 4.74 Å². The molecule has 2 aromatic rings. The molecule has 0 atom stereocenters. The molecule has 0 spiro atoms. The average molecular weight is 412 g/mol. The number of nitrogens with zero attached hydrogens (tertiary/aromatic N) is 1. The highest BCUT2D eigenvalue weighted by Crippen LogP contribution is 2.24. The molecule has 0 unspecified atom stereocenters. The number of hydrogen-bond acceptors (Lipinski definition) is 2. The second-order valence-electron chi connectivity index (χ2n) is 6.18. The molecule has 156 valence electrons. The van der Waals surface area contributed by atoms with Crippen LogP contribution in [0.1, 0.15) is 12.5 Å². The molecule has 1 aromatic carbocycles. The van der Waals surface area contributed by atoms with Gasteiger partial charge in [-0.3, -0.25) is 4.99 Å². The standard InChI is InChI=1S/C21H21F5N2O/c1-3-14(9-17(4-2)29-13-21(25,26)20(23)24)11-27-8-7-15-12-28-19-10-16(22)5-6-18(15)19/h3-6,9-12,20,28H,1,7-8,13H2,2H3/b14-9+,17-4+,27-11+. The van der Waals surface area contributed by atoms with Crippen LogP contribution in [-0.2, 0) is 11.2 Å². The van der Waals surface area contributed by atoms with Crippen molar-refractivity contribution in [1.82, 2.24) is 4.98 Å². The third kappa shape index (κ3) is 6.30. The normalized spacial score (nSPS) is 13.6. The molecule has 0 radical (unpaired) electrons. The highest BCUT2D eigenvalue weighted by Gasteiger charge is 2.41. The predicted octanol–water partition coefficient (Wildman–Crippen LogP) is 5.85. The van der Waals surface area contributed by atoms with Gasteiger partial charge in [-0.05, 0) is 54.8 Å². The van der Waals surface area contributed by atoms with E-state index in [1.807, 2.05) is 0 Å². The van der Waals surface area contributed by atoms with Gasteiger partial charge in [-0.2, -0.15) is 8.78 Å². The van der Waals surface area contributed by atoms with E-state index in [0.29, 0.717) is 24.1 Å². The zero-order valence-corrected chi connectivity index (χ0v) is 15.8. The van der Waals surface area contributed by atoms with E-state index < -0.39 is 19.0 Å². The third-order valence-electron chi connectivity index (χ3n) is 4.06. The summed E-state index contributed by atoms with van der Waals surface area (Å²) in [5.41, 5.74) is 2.15. The molecular weight excluding hydrogens is 391 g/mol. The van der Waals surface area contributed by atoms with Crippen molar-refractivity contribution in [2.45, 2.75) is 25.7 Å². The van der Waals surface area contributed by atoms with E-state index in [-0.39, 0.29) is 11.6 Å². The molecule has 1 N–H and O–H groups in total. The van der Waals surface area contributed by atoms with E-state index in [0.717, 1.165) is 10.9 Å². The van der Waals surface area contributed by atoms with Gasteiger partial charge in [0.2, 0.25) is 0 Å². The zero-order chi connectivity index (χ0) is 21.4. The minimum Gasteiger partial charge on any atom is -0.487 e. The van der Waals surface area contributed by atoms with Gasteiger partial charge in [0.25, 0.3) is 0 Å². The Bertz CT molecular complexity index is 928. The molecule has 1 aromatic heterocycles. The molecule has 2 rings (SSSR count). The Morgan fingerprint density at radius 1 is 1.34 bits per heavy atom. The van der Waals surface area contributed by atoms with Crippen LogP contribution in [0.25, 0.3) is 10.9 Å². The molecule has 29 heavy (non-hydrogen) atoms. The van der Waals surface area contributed by atoms with Crippen LogP contribution < -0.4 is 0 Å². The molecule has 0 saturated heterocycles. The summed E-state index contributed by atoms with van der Waals surface area (Å²) in [6.45, 7) is 4.14. The molecule has 0 fully saturated rings. The van der Waals surface area contributed by atoms with Gasteiger partial charge in [-0.15, -0.1) is 0 Å². The van der Waals surface area contributed by atoms with Gasteiger partial charge in [0, 0.05) is 29.9 Å². The fourth-order valence-corrected chi connectivity index (χ4v) is 2.48. The van der Waals surface area contributed by atoms with Crippen LogP contribution in [0.3, 0.4) is 0 Å². The lowest BCUT2D eigenvalue weighted by Crippen LogP contribution is -2.32. The van der Waals surface area contributed by atoms with Crippen LogP contribution >= 0.6 is 0 Å². The number of allylic oxidation sites excluding steroid dienone is 4. The smallest absolute Gasteiger partial charge is 0.340 e. The molecule has 1 heterocycles. The van der Waals surface area contributed by atoms with Crippen LogP contribution in [0.5, 0.6) is 0 Å². The lowest BCUT2D eigenvalue weighted by Gasteiger charge is -2.16. The van der Waals surface area contributed by atoms with Crippen molar-refractivity contribution in [3.8, 4) is 0 Å². The number of nitrogens with one attached hydrogen (secondary N) is 1. The average Bonchev–Trinajstić information content (AvgIpc) is 3.08. The Labute approximate surface area is 165 Å². The number of aromatic amines is 1. The van der Waals surface area contributed by atoms with Gasteiger partial charge in [0.15, 0.2) is 6.61 Å². The number of fused-ring (bicyclic) bond motifs is 1. The van der Waals surface area contributed by atoms with E-state index >= 15 is 0 Å². The summed E-state index contributed by atoms with van der Waals surface area (Å²) < 4.78 is 68.4. The molecule has 0 bridgehead atoms. The highest BCUT2D eigenvalue weighted by molar-refractivity contribution is 5.84. The molecular formula is C21H21F5N2O. The first-order valence-corrected chi connectivity index (χ1v) is 8.81. The van der Waals surface area contributed by atoms with E-state index in [9.17, 15) is 22.0 Å². The van der Waals surface area contributed by atoms with Crippen LogP contribution in [0.4, 0.5) is 22.0 Å². The minimum atomic E-state index is -4.23. The number of ether oxygens (including phenoxy) is 1. The Kier molecular flexibility index (Phi) is 7.75. The Morgan fingerprint density at radius 3 is 2.76 bits per heavy atom. The number of halogens is 5. The highest BCUT2D eigenvalue weighted by atomic mass is 19.3. The summed E-state index contributed by atoms with van der Waals surface area (Å²) in [7, 11) is 0. The molecule has 3 nitrogen and oxygen atoms in total. The topological polar surface area (TPSA) is 37.4 Å². The fourth-order valence-electron chi connectivity index (χ4n) is 2.48. The first-order chi connectivity index (χ1) is 13.8. The van der Waals surface area contributed by atoms with Crippen molar-refractivity contribution in [3.63, 3.8) is 0 Å². The maximum absolute atomic E-state index is 13.2. The number of alkyl halides is 4. The van der Waals surface area contributed by atoms with Gasteiger partial charge in [0.05, 0.1) is 0 Å². The van der Waals surface area contributed by atoms with Gasteiger partial charge >= 0.3 is 12.3 Å². The van der Waals surface area contributed by atoms with Crippen molar-refractivity contribution < 1.29 is 26.7 Å². The minimum absolute atomic E-state index is 0.00494. The van der Waals surface area contributed by atoms with E-state index in [2.05, 4.69) is 16.6 Å². The molecule has 0 aliphatic rings. The SMILES string of the molecule is C=CC(/C=N/CCc1c[nH]c2cc(F)ccc12)=C\C(=C/C)OCC(F)(F)C(F)F. The molecule has 0 saturated carbocycles. The lowest BCUT2D eigenvalue weighted by molar-refractivity contribution is -0.157. The maximum Gasteiger partial charge on any atom is 0.340 e. The van der Waals surface area contributed by atoms with Crippen LogP contribution in [0.2, 0.25) is 0 Å². The largest absolute Gasteiger partial charge is 0.487 e. The summed E-state index contributed by atoms with van der Waals surface area (Å²) in [6, 6.07) is 4.49. The fraction of sp³-hybridized carbons (Fsp3) is 0.286. The van der Waals surface area contributed by atoms with E-state index in [1.165, 1.54) is 43.5 Å². The Balaban J connectivity index is 1.96. The number of aromatic nitrogens is 1. The predicted molar refractivity (Wildman–Crippen MR) is 104 cm³/mol. The second-order valence-corrected chi connectivity index (χ2v) is 6.18. The second kappa shape index (κ2) is 10.0. The number of H-pyrrole nitrogens is 1. The summed E-state index contributed by atoms with van der Waals surface area (Å²) in [5, 5.41) is 0.908.